The van der Waals surface area contributed by atoms with Crippen molar-refractivity contribution in [2.75, 3.05) is 17.7 Å². The van der Waals surface area contributed by atoms with E-state index in [2.05, 4.69) is 6.07 Å². The lowest BCUT2D eigenvalue weighted by molar-refractivity contribution is 1.21. The molecule has 0 spiro atoms. The molecular formula is C14H12ClN3. The summed E-state index contributed by atoms with van der Waals surface area (Å²) in [5.74, 6) is 0. The summed E-state index contributed by atoms with van der Waals surface area (Å²) in [5.41, 5.74) is 8.90. The van der Waals surface area contributed by atoms with E-state index in [1.54, 1.807) is 30.3 Å². The zero-order valence-corrected chi connectivity index (χ0v) is 10.6. The van der Waals surface area contributed by atoms with E-state index in [-0.39, 0.29) is 0 Å². The summed E-state index contributed by atoms with van der Waals surface area (Å²) >= 11 is 5.97. The quantitative estimate of drug-likeness (QED) is 0.837. The molecule has 2 aromatic carbocycles. The minimum Gasteiger partial charge on any atom is -0.397 e. The van der Waals surface area contributed by atoms with E-state index in [1.165, 1.54) is 0 Å². The van der Waals surface area contributed by atoms with Gasteiger partial charge in [0.2, 0.25) is 0 Å². The van der Waals surface area contributed by atoms with Crippen molar-refractivity contribution >= 4 is 28.7 Å². The summed E-state index contributed by atoms with van der Waals surface area (Å²) in [4.78, 5) is 1.90. The maximum atomic E-state index is 8.90. The molecule has 0 saturated heterocycles. The number of nitrogen functional groups attached to an aromatic ring is 1. The zero-order valence-electron chi connectivity index (χ0n) is 9.89. The molecule has 3 nitrogen and oxygen atoms in total. The van der Waals surface area contributed by atoms with Crippen LogP contribution in [0, 0.1) is 11.3 Å². The van der Waals surface area contributed by atoms with Crippen molar-refractivity contribution in [3.63, 3.8) is 0 Å². The van der Waals surface area contributed by atoms with Crippen molar-refractivity contribution in [2.45, 2.75) is 0 Å². The van der Waals surface area contributed by atoms with Crippen LogP contribution in [0.5, 0.6) is 0 Å². The second-order valence-corrected chi connectivity index (χ2v) is 4.36. The Bertz CT molecular complexity index is 617. The van der Waals surface area contributed by atoms with Gasteiger partial charge in [0, 0.05) is 17.8 Å². The molecule has 0 aromatic heterocycles. The monoisotopic (exact) mass is 257 g/mol. The molecule has 0 saturated carbocycles. The van der Waals surface area contributed by atoms with E-state index in [0.29, 0.717) is 16.3 Å². The Labute approximate surface area is 111 Å². The van der Waals surface area contributed by atoms with Crippen LogP contribution in [0.15, 0.2) is 42.5 Å². The van der Waals surface area contributed by atoms with Gasteiger partial charge in [-0.25, -0.2) is 0 Å². The second kappa shape index (κ2) is 4.99. The number of hydrogen-bond donors (Lipinski definition) is 1. The smallest absolute Gasteiger partial charge is 0.0992 e. The molecule has 0 aliphatic carbocycles. The summed E-state index contributed by atoms with van der Waals surface area (Å²) < 4.78 is 0. The molecule has 0 fully saturated rings. The number of rotatable bonds is 2. The number of nitriles is 1. The lowest BCUT2D eigenvalue weighted by Gasteiger charge is -2.21. The maximum Gasteiger partial charge on any atom is 0.0992 e. The summed E-state index contributed by atoms with van der Waals surface area (Å²) in [6.07, 6.45) is 0. The van der Waals surface area contributed by atoms with Gasteiger partial charge in [0.05, 0.1) is 23.0 Å². The third-order valence-electron chi connectivity index (χ3n) is 2.72. The van der Waals surface area contributed by atoms with Crippen LogP contribution < -0.4 is 10.6 Å². The average molecular weight is 258 g/mol. The summed E-state index contributed by atoms with van der Waals surface area (Å²) in [6.45, 7) is 0. The van der Waals surface area contributed by atoms with Crippen molar-refractivity contribution in [3.05, 3.63) is 53.1 Å². The van der Waals surface area contributed by atoms with E-state index in [1.807, 2.05) is 24.1 Å². The summed E-state index contributed by atoms with van der Waals surface area (Å²) in [7, 11) is 1.89. The Kier molecular flexibility index (Phi) is 3.40. The van der Waals surface area contributed by atoms with Gasteiger partial charge in [-0.3, -0.25) is 0 Å². The number of anilines is 3. The van der Waals surface area contributed by atoms with Gasteiger partial charge in [-0.1, -0.05) is 17.7 Å². The van der Waals surface area contributed by atoms with E-state index in [9.17, 15) is 0 Å². The standard InChI is InChI=1S/C14H12ClN3/c1-18(12-4-2-3-10(7-12)9-16)14-8-11(15)5-6-13(14)17/h2-8H,17H2,1H3. The molecule has 0 amide bonds. The molecule has 2 rings (SSSR count). The molecule has 90 valence electrons. The predicted octanol–water partition coefficient (Wildman–Crippen LogP) is 3.56. The predicted molar refractivity (Wildman–Crippen MR) is 75.1 cm³/mol. The highest BCUT2D eigenvalue weighted by Gasteiger charge is 2.08. The largest absolute Gasteiger partial charge is 0.397 e. The second-order valence-electron chi connectivity index (χ2n) is 3.92. The highest BCUT2D eigenvalue weighted by molar-refractivity contribution is 6.31. The van der Waals surface area contributed by atoms with Crippen molar-refractivity contribution in [1.29, 1.82) is 5.26 Å². The molecule has 0 radical (unpaired) electrons. The highest BCUT2D eigenvalue weighted by atomic mass is 35.5. The van der Waals surface area contributed by atoms with Gasteiger partial charge in [0.15, 0.2) is 0 Å². The lowest BCUT2D eigenvalue weighted by atomic mass is 10.2. The fourth-order valence-electron chi connectivity index (χ4n) is 1.73. The van der Waals surface area contributed by atoms with Gasteiger partial charge < -0.3 is 10.6 Å². The van der Waals surface area contributed by atoms with Crippen LogP contribution in [0.1, 0.15) is 5.56 Å². The molecule has 0 aliphatic rings. The molecular weight excluding hydrogens is 246 g/mol. The molecule has 0 atom stereocenters. The Morgan fingerprint density at radius 3 is 2.72 bits per heavy atom. The van der Waals surface area contributed by atoms with E-state index < -0.39 is 0 Å². The number of halogens is 1. The Morgan fingerprint density at radius 2 is 2.00 bits per heavy atom. The third-order valence-corrected chi connectivity index (χ3v) is 2.95. The lowest BCUT2D eigenvalue weighted by Crippen LogP contribution is -2.11. The molecule has 0 bridgehead atoms. The van der Waals surface area contributed by atoms with Crippen LogP contribution in [0.4, 0.5) is 17.1 Å². The van der Waals surface area contributed by atoms with Gasteiger partial charge in [-0.2, -0.15) is 5.26 Å². The van der Waals surface area contributed by atoms with Crippen LogP contribution in [-0.4, -0.2) is 7.05 Å². The fraction of sp³-hybridized carbons (Fsp3) is 0.0714. The van der Waals surface area contributed by atoms with Gasteiger partial charge in [-0.15, -0.1) is 0 Å². The molecule has 0 heterocycles. The van der Waals surface area contributed by atoms with Crippen molar-refractivity contribution in [1.82, 2.24) is 0 Å². The Balaban J connectivity index is 2.44. The van der Waals surface area contributed by atoms with E-state index >= 15 is 0 Å². The summed E-state index contributed by atoms with van der Waals surface area (Å²) in [6, 6.07) is 14.8. The van der Waals surface area contributed by atoms with Crippen molar-refractivity contribution < 1.29 is 0 Å². The molecule has 0 unspecified atom stereocenters. The van der Waals surface area contributed by atoms with Gasteiger partial charge in [-0.05, 0) is 36.4 Å². The number of nitrogens with zero attached hydrogens (tertiary/aromatic N) is 2. The minimum atomic E-state index is 0.611. The third kappa shape index (κ3) is 2.39. The van der Waals surface area contributed by atoms with E-state index in [4.69, 9.17) is 22.6 Å². The molecule has 2 aromatic rings. The Morgan fingerprint density at radius 1 is 1.22 bits per heavy atom. The summed E-state index contributed by atoms with van der Waals surface area (Å²) in [5, 5.41) is 9.53. The average Bonchev–Trinajstić information content (AvgIpc) is 2.41. The normalized spacial score (nSPS) is 9.83. The molecule has 0 aliphatic heterocycles. The van der Waals surface area contributed by atoms with Crippen molar-refractivity contribution in [3.8, 4) is 6.07 Å². The first kappa shape index (κ1) is 12.3. The Hall–Kier alpha value is -2.18. The SMILES string of the molecule is CN(c1cccc(C#N)c1)c1cc(Cl)ccc1N. The van der Waals surface area contributed by atoms with Crippen LogP contribution in [0.3, 0.4) is 0 Å². The number of hydrogen-bond acceptors (Lipinski definition) is 3. The number of nitrogens with two attached hydrogens (primary N) is 1. The molecule has 2 N–H and O–H groups in total. The van der Waals surface area contributed by atoms with Gasteiger partial charge in [0.1, 0.15) is 0 Å². The van der Waals surface area contributed by atoms with Crippen LogP contribution in [0.2, 0.25) is 5.02 Å². The van der Waals surface area contributed by atoms with Gasteiger partial charge in [0.25, 0.3) is 0 Å². The van der Waals surface area contributed by atoms with Gasteiger partial charge >= 0.3 is 0 Å². The molecule has 18 heavy (non-hydrogen) atoms. The number of benzene rings is 2. The minimum absolute atomic E-state index is 0.611. The van der Waals surface area contributed by atoms with Crippen LogP contribution >= 0.6 is 11.6 Å². The topological polar surface area (TPSA) is 53.0 Å². The zero-order chi connectivity index (χ0) is 13.1. The maximum absolute atomic E-state index is 8.90. The van der Waals surface area contributed by atoms with E-state index in [0.717, 1.165) is 11.4 Å². The highest BCUT2D eigenvalue weighted by Crippen LogP contribution is 2.31. The van der Waals surface area contributed by atoms with Crippen LogP contribution in [-0.2, 0) is 0 Å². The fourth-order valence-corrected chi connectivity index (χ4v) is 1.90. The first-order valence-corrected chi connectivity index (χ1v) is 5.78. The molecule has 4 heteroatoms. The van der Waals surface area contributed by atoms with Crippen molar-refractivity contribution in [2.24, 2.45) is 0 Å². The first-order valence-electron chi connectivity index (χ1n) is 5.41. The van der Waals surface area contributed by atoms with Crippen LogP contribution in [0.25, 0.3) is 0 Å². The first-order chi connectivity index (χ1) is 8.61.